The van der Waals surface area contributed by atoms with Gasteiger partial charge >= 0.3 is 12.2 Å². The van der Waals surface area contributed by atoms with Gasteiger partial charge in [-0.25, -0.2) is 9.59 Å². The molecule has 0 fully saturated rings. The van der Waals surface area contributed by atoms with Gasteiger partial charge in [0.25, 0.3) is 0 Å². The Balaban J connectivity index is 0.000000264. The summed E-state index contributed by atoms with van der Waals surface area (Å²) in [6.45, 7) is 19.5. The molecule has 0 spiro atoms. The molecule has 0 aliphatic carbocycles. The Kier molecular flexibility index (Phi) is 18.1. The second-order valence-corrected chi connectivity index (χ2v) is 18.0. The van der Waals surface area contributed by atoms with Crippen molar-refractivity contribution in [2.45, 2.75) is 118 Å². The number of hydrogen-bond donors (Lipinski definition) is 3. The zero-order valence-corrected chi connectivity index (χ0v) is 39.9. The molecule has 14 nitrogen and oxygen atoms in total. The molecule has 2 unspecified atom stereocenters. The first kappa shape index (κ1) is 51.2. The summed E-state index contributed by atoms with van der Waals surface area (Å²) in [5, 5.41) is 8.49. The van der Waals surface area contributed by atoms with Crippen LogP contribution in [0.4, 0.5) is 32.3 Å². The van der Waals surface area contributed by atoms with E-state index < -0.39 is 35.5 Å². The molecule has 2 aliphatic heterocycles. The number of hydrogen-bond acceptors (Lipinski definition) is 9. The van der Waals surface area contributed by atoms with Gasteiger partial charge in [-0.2, -0.15) is 0 Å². The van der Waals surface area contributed by atoms with Gasteiger partial charge in [0.2, 0.25) is 23.0 Å². The van der Waals surface area contributed by atoms with E-state index in [1.54, 1.807) is 56.2 Å². The molecule has 2 heterocycles. The molecule has 0 saturated heterocycles. The number of carbonyl (C=O) groups is 6. The summed E-state index contributed by atoms with van der Waals surface area (Å²) in [5.74, 6) is -0.473. The van der Waals surface area contributed by atoms with Crippen molar-refractivity contribution in [2.24, 2.45) is 0 Å². The SMILES string of the molecule is CC(=O)Cl.CCN(C(C)=O)c1cccc2c1N(Cc1ccccc1)C(=O)C(NC(=O)OC(C)(C)C)C2.CCNc1cccc2c1N(Cc1ccccc1)C(=O)C(NC(=O)OC(C)(C)C)C2. The van der Waals surface area contributed by atoms with Gasteiger partial charge in [-0.1, -0.05) is 84.9 Å². The first-order valence-electron chi connectivity index (χ1n) is 21.7. The number of halogens is 1. The largest absolute Gasteiger partial charge is 0.444 e. The number of ether oxygens (including phenoxy) is 2. The van der Waals surface area contributed by atoms with Crippen LogP contribution in [0.3, 0.4) is 0 Å². The Morgan fingerprint density at radius 3 is 1.46 bits per heavy atom. The number of benzene rings is 4. The van der Waals surface area contributed by atoms with Gasteiger partial charge in [-0.3, -0.25) is 19.2 Å². The number of nitrogens with one attached hydrogen (secondary N) is 3. The number of para-hydroxylation sites is 2. The Labute approximate surface area is 388 Å². The minimum Gasteiger partial charge on any atom is -0.444 e. The summed E-state index contributed by atoms with van der Waals surface area (Å²) >= 11 is 4.64. The summed E-state index contributed by atoms with van der Waals surface area (Å²) in [5.41, 5.74) is 5.79. The quantitative estimate of drug-likeness (QED) is 0.132. The van der Waals surface area contributed by atoms with Crippen molar-refractivity contribution in [1.82, 2.24) is 10.6 Å². The second-order valence-electron chi connectivity index (χ2n) is 17.5. The third kappa shape index (κ3) is 15.1. The van der Waals surface area contributed by atoms with Crippen molar-refractivity contribution in [3.05, 3.63) is 119 Å². The van der Waals surface area contributed by atoms with Gasteiger partial charge in [-0.05, 0) is 101 Å². The molecule has 4 aromatic rings. The number of nitrogens with zero attached hydrogens (tertiary/aromatic N) is 3. The fourth-order valence-corrected chi connectivity index (χ4v) is 7.42. The number of fused-ring (bicyclic) bond motifs is 2. The lowest BCUT2D eigenvalue weighted by Crippen LogP contribution is -2.53. The lowest BCUT2D eigenvalue weighted by atomic mass is 9.95. The smallest absolute Gasteiger partial charge is 0.408 e. The van der Waals surface area contributed by atoms with Crippen molar-refractivity contribution < 1.29 is 38.2 Å². The number of amides is 5. The van der Waals surface area contributed by atoms with E-state index >= 15 is 0 Å². The van der Waals surface area contributed by atoms with Crippen LogP contribution in [0.5, 0.6) is 0 Å². The third-order valence-electron chi connectivity index (χ3n) is 9.84. The zero-order chi connectivity index (χ0) is 48.1. The molecule has 6 rings (SSSR count). The molecule has 3 N–H and O–H groups in total. The highest BCUT2D eigenvalue weighted by molar-refractivity contribution is 6.62. The van der Waals surface area contributed by atoms with Crippen molar-refractivity contribution in [3.8, 4) is 0 Å². The second kappa shape index (κ2) is 23.0. The van der Waals surface area contributed by atoms with E-state index in [0.717, 1.165) is 40.2 Å². The highest BCUT2D eigenvalue weighted by atomic mass is 35.5. The van der Waals surface area contributed by atoms with Crippen LogP contribution < -0.4 is 30.7 Å². The topological polar surface area (TPSA) is 167 Å². The fourth-order valence-electron chi connectivity index (χ4n) is 7.42. The predicted octanol–water partition coefficient (Wildman–Crippen LogP) is 8.91. The zero-order valence-electron chi connectivity index (χ0n) is 39.1. The van der Waals surface area contributed by atoms with E-state index in [2.05, 4.69) is 27.6 Å². The van der Waals surface area contributed by atoms with Gasteiger partial charge in [-0.15, -0.1) is 0 Å². The highest BCUT2D eigenvalue weighted by Crippen LogP contribution is 2.39. The molecule has 65 heavy (non-hydrogen) atoms. The maximum absolute atomic E-state index is 13.6. The average molecular weight is 912 g/mol. The van der Waals surface area contributed by atoms with Gasteiger partial charge in [0.05, 0.1) is 35.8 Å². The molecule has 0 aromatic heterocycles. The van der Waals surface area contributed by atoms with Gasteiger partial charge in [0.1, 0.15) is 23.3 Å². The first-order valence-corrected chi connectivity index (χ1v) is 22.1. The van der Waals surface area contributed by atoms with E-state index in [-0.39, 0.29) is 23.0 Å². The maximum atomic E-state index is 13.6. The molecule has 2 aliphatic rings. The molecular weight excluding hydrogens is 848 g/mol. The number of rotatable bonds is 10. The van der Waals surface area contributed by atoms with E-state index in [9.17, 15) is 28.8 Å². The Hall–Kier alpha value is -6.41. The van der Waals surface area contributed by atoms with E-state index in [0.29, 0.717) is 43.9 Å². The highest BCUT2D eigenvalue weighted by Gasteiger charge is 2.38. The molecule has 0 saturated carbocycles. The predicted molar refractivity (Wildman–Crippen MR) is 256 cm³/mol. The molecule has 15 heteroatoms. The molecule has 2 atom stereocenters. The maximum Gasteiger partial charge on any atom is 0.408 e. The lowest BCUT2D eigenvalue weighted by molar-refractivity contribution is -0.121. The summed E-state index contributed by atoms with van der Waals surface area (Å²) in [6.07, 6.45) is -0.462. The van der Waals surface area contributed by atoms with E-state index in [4.69, 9.17) is 9.47 Å². The Morgan fingerprint density at radius 2 is 1.06 bits per heavy atom. The van der Waals surface area contributed by atoms with Crippen LogP contribution in [0.1, 0.15) is 91.5 Å². The van der Waals surface area contributed by atoms with Crippen molar-refractivity contribution in [3.63, 3.8) is 0 Å². The monoisotopic (exact) mass is 910 g/mol. The van der Waals surface area contributed by atoms with Crippen molar-refractivity contribution >= 4 is 69.5 Å². The van der Waals surface area contributed by atoms with Gasteiger partial charge in [0, 0.05) is 39.8 Å². The van der Waals surface area contributed by atoms with Crippen LogP contribution in [0.2, 0.25) is 0 Å². The lowest BCUT2D eigenvalue weighted by Gasteiger charge is -2.38. The van der Waals surface area contributed by atoms with E-state index in [1.807, 2.05) is 111 Å². The number of carbonyl (C=O) groups excluding carboxylic acids is 6. The number of alkyl carbamates (subject to hydrolysis) is 2. The van der Waals surface area contributed by atoms with Gasteiger partial charge in [0.15, 0.2) is 0 Å². The van der Waals surface area contributed by atoms with Crippen LogP contribution in [-0.4, -0.2) is 71.5 Å². The molecule has 0 bridgehead atoms. The molecule has 348 valence electrons. The normalized spacial score (nSPS) is 15.4. The third-order valence-corrected chi connectivity index (χ3v) is 9.84. The molecule has 5 amide bonds. The van der Waals surface area contributed by atoms with Crippen LogP contribution >= 0.6 is 11.6 Å². The number of anilines is 4. The Morgan fingerprint density at radius 1 is 0.646 bits per heavy atom. The summed E-state index contributed by atoms with van der Waals surface area (Å²) in [6, 6.07) is 29.7. The summed E-state index contributed by atoms with van der Waals surface area (Å²) in [7, 11) is 0. The van der Waals surface area contributed by atoms with Crippen LogP contribution in [0, 0.1) is 0 Å². The standard InChI is InChI=1S/C25H31N3O4.C23H29N3O3.C2H3ClO/c1-6-27(17(2)29)21-14-10-13-19-15-20(26-24(31)32-25(3,4)5)23(30)28(22(19)21)16-18-11-8-7-9-12-18;1-5-24-18-13-9-12-17-14-19(25-22(28)29-23(2,3)4)21(27)26(20(17)18)15-16-10-7-6-8-11-16;1-2(3)4/h7-14,20H,6,15-16H2,1-5H3,(H,26,31);6-13,19,24H,5,14-15H2,1-4H3,(H,25,28);1H3. The molecule has 4 aromatic carbocycles. The van der Waals surface area contributed by atoms with E-state index in [1.165, 1.54) is 13.8 Å². The summed E-state index contributed by atoms with van der Waals surface area (Å²) < 4.78 is 10.7. The summed E-state index contributed by atoms with van der Waals surface area (Å²) in [4.78, 5) is 78.3. The van der Waals surface area contributed by atoms with Crippen LogP contribution in [0.25, 0.3) is 0 Å². The first-order chi connectivity index (χ1) is 30.6. The van der Waals surface area contributed by atoms with Crippen molar-refractivity contribution in [2.75, 3.05) is 33.1 Å². The van der Waals surface area contributed by atoms with Crippen LogP contribution in [-0.2, 0) is 54.6 Å². The fraction of sp³-hybridized carbons (Fsp3) is 0.400. The van der Waals surface area contributed by atoms with Gasteiger partial charge < -0.3 is 40.1 Å². The minimum atomic E-state index is -0.760. The minimum absolute atomic E-state index is 0.0954. The Bertz CT molecular complexity index is 2290. The van der Waals surface area contributed by atoms with Crippen molar-refractivity contribution in [1.29, 1.82) is 0 Å². The van der Waals surface area contributed by atoms with Crippen LogP contribution in [0.15, 0.2) is 97.1 Å². The molecule has 0 radical (unpaired) electrons. The molecular formula is C50H63ClN6O8. The average Bonchev–Trinajstić information content (AvgIpc) is 3.21.